The molecule has 66 heavy (non-hydrogen) atoms. The number of rotatable bonds is 7. The van der Waals surface area contributed by atoms with E-state index in [4.69, 9.17) is 27.0 Å². The molecule has 8 rings (SSSR count). The minimum absolute atomic E-state index is 0. The SMILES string of the molecule is [2H]C([2H])([2H])C(c1ccc(-c2ccnc(-c3[c-]c(-c4cccc5c4nc(-c4cc(C)cc(C)c4O[CH2-])n5-c4cc(C(C)(C)C)ccc4-c4ccc(C(C)(C)C)cc4)cc(C(C)(C)C)c3)c2)cc1)(C([2H])([2H])[2H])C([2H])([2H])[2H].[Pt+2]. The van der Waals surface area contributed by atoms with E-state index in [2.05, 4.69) is 172 Å². The van der Waals surface area contributed by atoms with Crippen molar-refractivity contribution in [1.82, 2.24) is 14.5 Å². The number of hydrogen-bond donors (Lipinski definition) is 0. The van der Waals surface area contributed by atoms with Crippen molar-refractivity contribution in [3.05, 3.63) is 174 Å². The predicted octanol–water partition coefficient (Wildman–Crippen LogP) is 16.5. The first-order valence-electron chi connectivity index (χ1n) is 26.7. The van der Waals surface area contributed by atoms with Crippen LogP contribution in [0.4, 0.5) is 0 Å². The van der Waals surface area contributed by atoms with Gasteiger partial charge in [-0.15, -0.1) is 29.3 Å². The second-order valence-corrected chi connectivity index (χ2v) is 20.6. The smallest absolute Gasteiger partial charge is 0.665 e. The van der Waals surface area contributed by atoms with Gasteiger partial charge in [-0.25, -0.2) is 4.98 Å². The molecule has 0 radical (unpaired) electrons. The largest absolute Gasteiger partial charge is 2.00 e. The standard InChI is InChI=1S/C61H65N3O.Pt/c1-38-31-39(2)56(65-15)51(32-38)57-63-55-50(17-16-18-53(55)64(57)54-37-47(60(9,10)11)27-28-49(54)41-21-25-46(26-22-41)59(6,7)8)43-33-44(35-48(34-43)61(12,13)14)52-36-42(29-30-62-52)40-19-23-45(24-20-40)58(3,4)5;/h16-32,34-37H,15H2,1-14H3;/q-2;+2/i3D3,4D3,5D3;. The molecule has 0 N–H and O–H groups in total. The molecule has 0 saturated carbocycles. The Bertz CT molecular complexity index is 3370. The molecular weight excluding hydrogens is 986 g/mol. The van der Waals surface area contributed by atoms with E-state index in [1.165, 1.54) is 17.7 Å². The van der Waals surface area contributed by atoms with Crippen molar-refractivity contribution < 1.29 is 38.1 Å². The second kappa shape index (κ2) is 17.9. The number of benzene rings is 6. The first-order valence-corrected chi connectivity index (χ1v) is 22.2. The Balaban J connectivity index is 0.00000820. The van der Waals surface area contributed by atoms with Gasteiger partial charge < -0.3 is 4.74 Å². The summed E-state index contributed by atoms with van der Waals surface area (Å²) in [5.74, 6) is 1.32. The molecular formula is C61H65N3OPt. The van der Waals surface area contributed by atoms with E-state index in [0.29, 0.717) is 28.4 Å². The zero-order valence-corrected chi connectivity index (χ0v) is 42.2. The topological polar surface area (TPSA) is 39.9 Å². The minimum atomic E-state index is -3.37. The third-order valence-corrected chi connectivity index (χ3v) is 12.4. The Labute approximate surface area is 421 Å². The van der Waals surface area contributed by atoms with Gasteiger partial charge in [0.1, 0.15) is 5.82 Å². The third-order valence-electron chi connectivity index (χ3n) is 12.4. The maximum atomic E-state index is 8.21. The molecule has 8 aromatic rings. The van der Waals surface area contributed by atoms with Crippen molar-refractivity contribution >= 4 is 11.0 Å². The van der Waals surface area contributed by atoms with Gasteiger partial charge in [-0.3, -0.25) is 9.55 Å². The van der Waals surface area contributed by atoms with Crippen LogP contribution in [0.15, 0.2) is 128 Å². The molecule has 0 bridgehead atoms. The first-order chi connectivity index (χ1) is 34.3. The van der Waals surface area contributed by atoms with Gasteiger partial charge in [0.15, 0.2) is 0 Å². The summed E-state index contributed by atoms with van der Waals surface area (Å²) in [4.78, 5) is 10.5. The molecule has 0 aliphatic carbocycles. The minimum Gasteiger partial charge on any atom is -0.665 e. The summed E-state index contributed by atoms with van der Waals surface area (Å²) in [6.07, 6.45) is 1.67. The van der Waals surface area contributed by atoms with Gasteiger partial charge in [0, 0.05) is 29.8 Å². The molecule has 4 nitrogen and oxygen atoms in total. The Kier molecular flexibility index (Phi) is 10.2. The van der Waals surface area contributed by atoms with Crippen molar-refractivity contribution in [2.24, 2.45) is 0 Å². The van der Waals surface area contributed by atoms with E-state index in [1.807, 2.05) is 13.0 Å². The fourth-order valence-corrected chi connectivity index (χ4v) is 8.59. The van der Waals surface area contributed by atoms with Crippen LogP contribution in [0.3, 0.4) is 0 Å². The van der Waals surface area contributed by atoms with Crippen LogP contribution in [0.1, 0.15) is 129 Å². The average molecular weight is 1060 g/mol. The van der Waals surface area contributed by atoms with Gasteiger partial charge in [0.05, 0.1) is 28.0 Å². The molecule has 5 heteroatoms. The Morgan fingerprint density at radius 1 is 0.576 bits per heavy atom. The molecule has 0 aliphatic rings. The number of imidazole rings is 1. The van der Waals surface area contributed by atoms with Gasteiger partial charge >= 0.3 is 21.1 Å². The molecule has 0 atom stereocenters. The van der Waals surface area contributed by atoms with Gasteiger partial charge in [0.25, 0.3) is 0 Å². The van der Waals surface area contributed by atoms with E-state index in [-0.39, 0.29) is 42.9 Å². The van der Waals surface area contributed by atoms with E-state index < -0.39 is 26.0 Å². The molecule has 2 aromatic heterocycles. The predicted molar refractivity (Wildman–Crippen MR) is 275 cm³/mol. The summed E-state index contributed by atoms with van der Waals surface area (Å²) in [5, 5.41) is 0. The van der Waals surface area contributed by atoms with Crippen molar-refractivity contribution in [2.75, 3.05) is 0 Å². The zero-order chi connectivity index (χ0) is 54.3. The van der Waals surface area contributed by atoms with Gasteiger partial charge in [-0.2, -0.15) is 7.11 Å². The normalized spacial score (nSPS) is 14.9. The van der Waals surface area contributed by atoms with Crippen LogP contribution in [0, 0.1) is 27.0 Å². The van der Waals surface area contributed by atoms with Crippen LogP contribution in [0.25, 0.3) is 72.7 Å². The van der Waals surface area contributed by atoms with Crippen molar-refractivity contribution in [3.8, 4) is 67.5 Å². The summed E-state index contributed by atoms with van der Waals surface area (Å²) in [5.41, 5.74) is 11.3. The van der Waals surface area contributed by atoms with Crippen LogP contribution in [-0.2, 0) is 42.7 Å². The fraction of sp³-hybridized carbons (Fsp3) is 0.295. The molecule has 0 saturated heterocycles. The van der Waals surface area contributed by atoms with Gasteiger partial charge in [-0.1, -0.05) is 179 Å². The summed E-state index contributed by atoms with van der Waals surface area (Å²) in [6, 6.07) is 43.4. The monoisotopic (exact) mass is 1060 g/mol. The maximum Gasteiger partial charge on any atom is 2.00 e. The Hall–Kier alpha value is -5.57. The number of para-hydroxylation sites is 1. The van der Waals surface area contributed by atoms with E-state index in [1.54, 1.807) is 24.4 Å². The zero-order valence-electron chi connectivity index (χ0n) is 48.9. The van der Waals surface area contributed by atoms with E-state index >= 15 is 0 Å². The average Bonchev–Trinajstić information content (AvgIpc) is 3.69. The van der Waals surface area contributed by atoms with E-state index in [9.17, 15) is 0 Å². The van der Waals surface area contributed by atoms with Crippen molar-refractivity contribution in [2.45, 2.75) is 118 Å². The number of ether oxygens (including phenoxy) is 1. The Morgan fingerprint density at radius 3 is 1.80 bits per heavy atom. The van der Waals surface area contributed by atoms with Crippen LogP contribution < -0.4 is 4.74 Å². The first kappa shape index (κ1) is 37.5. The van der Waals surface area contributed by atoms with Crippen LogP contribution >= 0.6 is 0 Å². The molecule has 0 amide bonds. The molecule has 2 heterocycles. The van der Waals surface area contributed by atoms with Crippen LogP contribution in [-0.4, -0.2) is 14.5 Å². The second-order valence-electron chi connectivity index (χ2n) is 20.6. The van der Waals surface area contributed by atoms with Gasteiger partial charge in [0.2, 0.25) is 0 Å². The molecule has 340 valence electrons. The number of aryl methyl sites for hydroxylation is 2. The van der Waals surface area contributed by atoms with Crippen molar-refractivity contribution in [3.63, 3.8) is 0 Å². The number of hydrogen-bond acceptors (Lipinski definition) is 3. The maximum absolute atomic E-state index is 8.21. The van der Waals surface area contributed by atoms with E-state index in [0.717, 1.165) is 72.4 Å². The van der Waals surface area contributed by atoms with Gasteiger partial charge in [-0.05, 0) is 104 Å². The Morgan fingerprint density at radius 2 is 1.18 bits per heavy atom. The number of pyridine rings is 1. The number of nitrogens with zero attached hydrogens (tertiary/aromatic N) is 3. The number of aromatic nitrogens is 3. The number of fused-ring (bicyclic) bond motifs is 1. The molecule has 0 spiro atoms. The summed E-state index contributed by atoms with van der Waals surface area (Å²) in [6.45, 7) is 13.8. The van der Waals surface area contributed by atoms with Crippen LogP contribution in [0.5, 0.6) is 5.75 Å². The summed E-state index contributed by atoms with van der Waals surface area (Å²) >= 11 is 0. The summed E-state index contributed by atoms with van der Waals surface area (Å²) < 4.78 is 82.2. The molecule has 6 aromatic carbocycles. The molecule has 0 aliphatic heterocycles. The van der Waals surface area contributed by atoms with Crippen LogP contribution in [0.2, 0.25) is 0 Å². The van der Waals surface area contributed by atoms with Crippen molar-refractivity contribution in [1.29, 1.82) is 0 Å². The molecule has 0 unspecified atom stereocenters. The summed E-state index contributed by atoms with van der Waals surface area (Å²) in [7, 11) is 3.92. The molecule has 0 fully saturated rings. The fourth-order valence-electron chi connectivity index (χ4n) is 8.59. The third kappa shape index (κ3) is 9.63. The quantitative estimate of drug-likeness (QED) is 0.149.